The molecule has 0 radical (unpaired) electrons. The molecule has 0 bridgehead atoms. The van der Waals surface area contributed by atoms with E-state index in [1.807, 2.05) is 18.4 Å². The Morgan fingerprint density at radius 1 is 1.17 bits per heavy atom. The normalized spacial score (nSPS) is 10.5. The number of ether oxygens (including phenoxy) is 1. The number of carbonyl (C=O) groups is 2. The minimum Gasteiger partial charge on any atom is -0.452 e. The summed E-state index contributed by atoms with van der Waals surface area (Å²) in [5.74, 6) is -3.33. The van der Waals surface area contributed by atoms with Crippen LogP contribution in [0.3, 0.4) is 0 Å². The second-order valence-electron chi connectivity index (χ2n) is 5.28. The third-order valence-corrected chi connectivity index (χ3v) is 3.65. The SMILES string of the molecule is CCn1c(C)cc(C(=O)OCC(=O)Nc2ccc(F)c(F)c2)c1C. The van der Waals surface area contributed by atoms with E-state index in [9.17, 15) is 18.4 Å². The van der Waals surface area contributed by atoms with Crippen LogP contribution in [0, 0.1) is 25.5 Å². The van der Waals surface area contributed by atoms with E-state index in [4.69, 9.17) is 4.74 Å². The van der Waals surface area contributed by atoms with Crippen molar-refractivity contribution in [1.82, 2.24) is 4.57 Å². The second kappa shape index (κ2) is 7.25. The molecule has 1 N–H and O–H groups in total. The third kappa shape index (κ3) is 3.79. The number of amides is 1. The Labute approximate surface area is 138 Å². The Balaban J connectivity index is 1.96. The lowest BCUT2D eigenvalue weighted by molar-refractivity contribution is -0.119. The molecule has 0 unspecified atom stereocenters. The summed E-state index contributed by atoms with van der Waals surface area (Å²) in [5.41, 5.74) is 2.17. The second-order valence-corrected chi connectivity index (χ2v) is 5.28. The van der Waals surface area contributed by atoms with Crippen molar-refractivity contribution in [2.24, 2.45) is 0 Å². The molecule has 1 heterocycles. The van der Waals surface area contributed by atoms with Crippen molar-refractivity contribution in [2.75, 3.05) is 11.9 Å². The van der Waals surface area contributed by atoms with Gasteiger partial charge in [0, 0.05) is 29.7 Å². The number of nitrogens with zero attached hydrogens (tertiary/aromatic N) is 1. The van der Waals surface area contributed by atoms with Crippen molar-refractivity contribution in [3.05, 3.63) is 52.9 Å². The van der Waals surface area contributed by atoms with E-state index in [-0.39, 0.29) is 5.69 Å². The fourth-order valence-corrected chi connectivity index (χ4v) is 2.47. The van der Waals surface area contributed by atoms with Gasteiger partial charge < -0.3 is 14.6 Å². The van der Waals surface area contributed by atoms with Gasteiger partial charge in [-0.1, -0.05) is 0 Å². The van der Waals surface area contributed by atoms with Gasteiger partial charge in [-0.25, -0.2) is 13.6 Å². The summed E-state index contributed by atoms with van der Waals surface area (Å²) < 4.78 is 32.8. The average Bonchev–Trinajstić information content (AvgIpc) is 2.83. The summed E-state index contributed by atoms with van der Waals surface area (Å²) in [6.07, 6.45) is 0. The lowest BCUT2D eigenvalue weighted by Crippen LogP contribution is -2.21. The molecule has 0 atom stereocenters. The number of anilines is 1. The first-order valence-electron chi connectivity index (χ1n) is 7.42. The Bertz CT molecular complexity index is 784. The smallest absolute Gasteiger partial charge is 0.340 e. The van der Waals surface area contributed by atoms with E-state index >= 15 is 0 Å². The summed E-state index contributed by atoms with van der Waals surface area (Å²) in [7, 11) is 0. The highest BCUT2D eigenvalue weighted by molar-refractivity contribution is 5.96. The van der Waals surface area contributed by atoms with Gasteiger partial charge in [-0.05, 0) is 39.0 Å². The Morgan fingerprint density at radius 2 is 1.88 bits per heavy atom. The minimum atomic E-state index is -1.07. The van der Waals surface area contributed by atoms with Gasteiger partial charge in [-0.2, -0.15) is 0 Å². The lowest BCUT2D eigenvalue weighted by atomic mass is 10.2. The number of halogens is 2. The molecular formula is C17H18F2N2O3. The van der Waals surface area contributed by atoms with Crippen LogP contribution in [0.15, 0.2) is 24.3 Å². The van der Waals surface area contributed by atoms with Gasteiger partial charge >= 0.3 is 5.97 Å². The van der Waals surface area contributed by atoms with E-state index in [1.54, 1.807) is 13.0 Å². The van der Waals surface area contributed by atoms with Gasteiger partial charge in [0.25, 0.3) is 5.91 Å². The number of aromatic nitrogens is 1. The molecule has 1 aromatic carbocycles. The van der Waals surface area contributed by atoms with Gasteiger partial charge in [0.2, 0.25) is 0 Å². The molecule has 0 aliphatic heterocycles. The highest BCUT2D eigenvalue weighted by atomic mass is 19.2. The van der Waals surface area contributed by atoms with Crippen molar-refractivity contribution in [1.29, 1.82) is 0 Å². The van der Waals surface area contributed by atoms with Crippen molar-refractivity contribution in [3.8, 4) is 0 Å². The number of benzene rings is 1. The quantitative estimate of drug-likeness (QED) is 0.853. The zero-order chi connectivity index (χ0) is 17.9. The number of aryl methyl sites for hydroxylation is 1. The molecule has 1 aromatic heterocycles. The van der Waals surface area contributed by atoms with Crippen LogP contribution >= 0.6 is 0 Å². The highest BCUT2D eigenvalue weighted by Gasteiger charge is 2.17. The predicted octanol–water partition coefficient (Wildman–Crippen LogP) is 3.20. The first kappa shape index (κ1) is 17.7. The Hall–Kier alpha value is -2.70. The van der Waals surface area contributed by atoms with Crippen molar-refractivity contribution < 1.29 is 23.1 Å². The fraction of sp³-hybridized carbons (Fsp3) is 0.294. The summed E-state index contributed by atoms with van der Waals surface area (Å²) in [6.45, 7) is 5.84. The molecule has 0 spiro atoms. The molecular weight excluding hydrogens is 318 g/mol. The minimum absolute atomic E-state index is 0.0825. The van der Waals surface area contributed by atoms with Crippen LogP contribution in [0.2, 0.25) is 0 Å². The van der Waals surface area contributed by atoms with E-state index in [1.165, 1.54) is 6.07 Å². The molecule has 0 fully saturated rings. The number of hydrogen-bond acceptors (Lipinski definition) is 3. The summed E-state index contributed by atoms with van der Waals surface area (Å²) in [5, 5.41) is 2.33. The fourth-order valence-electron chi connectivity index (χ4n) is 2.47. The summed E-state index contributed by atoms with van der Waals surface area (Å²) >= 11 is 0. The Morgan fingerprint density at radius 3 is 2.46 bits per heavy atom. The van der Waals surface area contributed by atoms with Gasteiger partial charge in [0.15, 0.2) is 18.2 Å². The van der Waals surface area contributed by atoms with Crippen LogP contribution in [0.5, 0.6) is 0 Å². The van der Waals surface area contributed by atoms with E-state index in [0.717, 1.165) is 30.1 Å². The molecule has 128 valence electrons. The van der Waals surface area contributed by atoms with Crippen molar-refractivity contribution >= 4 is 17.6 Å². The Kier molecular flexibility index (Phi) is 5.33. The molecule has 0 saturated heterocycles. The standard InChI is InChI=1S/C17H18F2N2O3/c1-4-21-10(2)7-13(11(21)3)17(23)24-9-16(22)20-12-5-6-14(18)15(19)8-12/h5-8H,4,9H2,1-3H3,(H,20,22). The van der Waals surface area contributed by atoms with Gasteiger partial charge in [-0.15, -0.1) is 0 Å². The molecule has 1 amide bonds. The monoisotopic (exact) mass is 336 g/mol. The van der Waals surface area contributed by atoms with Gasteiger partial charge in [-0.3, -0.25) is 4.79 Å². The maximum Gasteiger partial charge on any atom is 0.340 e. The van der Waals surface area contributed by atoms with Gasteiger partial charge in [0.05, 0.1) is 5.56 Å². The lowest BCUT2D eigenvalue weighted by Gasteiger charge is -2.08. The predicted molar refractivity (Wildman–Crippen MR) is 84.9 cm³/mol. The molecule has 2 aromatic rings. The highest BCUT2D eigenvalue weighted by Crippen LogP contribution is 2.16. The number of carbonyl (C=O) groups excluding carboxylic acids is 2. The molecule has 0 aliphatic rings. The van der Waals surface area contributed by atoms with Crippen LogP contribution < -0.4 is 5.32 Å². The van der Waals surface area contributed by atoms with E-state index in [2.05, 4.69) is 5.32 Å². The van der Waals surface area contributed by atoms with Crippen LogP contribution in [-0.4, -0.2) is 23.1 Å². The first-order valence-corrected chi connectivity index (χ1v) is 7.42. The average molecular weight is 336 g/mol. The number of rotatable bonds is 5. The third-order valence-electron chi connectivity index (χ3n) is 3.65. The van der Waals surface area contributed by atoms with E-state index in [0.29, 0.717) is 5.56 Å². The molecule has 24 heavy (non-hydrogen) atoms. The molecule has 0 aliphatic carbocycles. The van der Waals surface area contributed by atoms with Crippen molar-refractivity contribution in [3.63, 3.8) is 0 Å². The summed E-state index contributed by atoms with van der Waals surface area (Å²) in [4.78, 5) is 23.8. The zero-order valence-corrected chi connectivity index (χ0v) is 13.7. The largest absolute Gasteiger partial charge is 0.452 e. The van der Waals surface area contributed by atoms with E-state index < -0.39 is 30.1 Å². The maximum absolute atomic E-state index is 13.1. The van der Waals surface area contributed by atoms with Crippen LogP contribution in [0.4, 0.5) is 14.5 Å². The van der Waals surface area contributed by atoms with Gasteiger partial charge in [0.1, 0.15) is 0 Å². The number of esters is 1. The topological polar surface area (TPSA) is 60.3 Å². The first-order chi connectivity index (χ1) is 11.3. The van der Waals surface area contributed by atoms with Crippen molar-refractivity contribution in [2.45, 2.75) is 27.3 Å². The summed E-state index contributed by atoms with van der Waals surface area (Å²) in [6, 6.07) is 4.67. The number of hydrogen-bond donors (Lipinski definition) is 1. The molecule has 7 heteroatoms. The molecule has 0 saturated carbocycles. The molecule has 2 rings (SSSR count). The number of nitrogens with one attached hydrogen (secondary N) is 1. The van der Waals surface area contributed by atoms with Crippen LogP contribution in [-0.2, 0) is 16.1 Å². The molecule has 5 nitrogen and oxygen atoms in total. The van der Waals surface area contributed by atoms with Crippen LogP contribution in [0.1, 0.15) is 28.7 Å². The zero-order valence-electron chi connectivity index (χ0n) is 13.7. The maximum atomic E-state index is 13.1. The van der Waals surface area contributed by atoms with Crippen LogP contribution in [0.25, 0.3) is 0 Å².